The lowest BCUT2D eigenvalue weighted by molar-refractivity contribution is 0.0817. The smallest absolute Gasteiger partial charge is 0.234 e. The average molecular weight is 367 g/mol. The number of ketones is 2. The van der Waals surface area contributed by atoms with Gasteiger partial charge in [-0.3, -0.25) is 9.59 Å². The van der Waals surface area contributed by atoms with E-state index in [1.165, 1.54) is 11.0 Å². The van der Waals surface area contributed by atoms with Crippen LogP contribution in [-0.4, -0.2) is 11.6 Å². The number of benzene rings is 3. The molecule has 4 heteroatoms. The third-order valence-corrected chi connectivity index (χ3v) is 4.67. The molecule has 0 atom stereocenters. The minimum Gasteiger partial charge on any atom is -0.285 e. The van der Waals surface area contributed by atoms with Gasteiger partial charge >= 0.3 is 0 Å². The van der Waals surface area contributed by atoms with Crippen LogP contribution in [0.15, 0.2) is 78.9 Å². The number of carbonyl (C=O) groups excluding carboxylic acids is 2. The van der Waals surface area contributed by atoms with Gasteiger partial charge in [-0.05, 0) is 27.4 Å². The van der Waals surface area contributed by atoms with E-state index < -0.39 is 11.6 Å². The Morgan fingerprint density at radius 1 is 0.760 bits per heavy atom. The predicted octanol–water partition coefficient (Wildman–Crippen LogP) is 5.81. The predicted molar refractivity (Wildman–Crippen MR) is 104 cm³/mol. The van der Waals surface area contributed by atoms with Crippen LogP contribution >= 0.6 is 21.7 Å². The van der Waals surface area contributed by atoms with E-state index in [1.807, 2.05) is 54.6 Å². The lowest BCUT2D eigenvalue weighted by Crippen LogP contribution is -2.15. The van der Waals surface area contributed by atoms with E-state index in [0.29, 0.717) is 16.9 Å². The van der Waals surface area contributed by atoms with Gasteiger partial charge in [0.2, 0.25) is 11.6 Å². The molecule has 0 heterocycles. The Morgan fingerprint density at radius 2 is 1.40 bits per heavy atom. The Balaban J connectivity index is 1.92. The summed E-state index contributed by atoms with van der Waals surface area (Å²) in [6.07, 6.45) is 0. The highest BCUT2D eigenvalue weighted by Gasteiger charge is 2.21. The Bertz CT molecular complexity index is 889. The SMILES string of the molecule is O=C(C(=O)c1ccccc1-c1ccccc1)c1ccc(CSCl)cc1. The summed E-state index contributed by atoms with van der Waals surface area (Å²) in [5, 5.41) is 0. The first-order valence-electron chi connectivity index (χ1n) is 7.76. The molecule has 3 rings (SSSR count). The Labute approximate surface area is 155 Å². The maximum Gasteiger partial charge on any atom is 0.234 e. The normalized spacial score (nSPS) is 10.4. The highest BCUT2D eigenvalue weighted by Crippen LogP contribution is 2.25. The third kappa shape index (κ3) is 4.01. The summed E-state index contributed by atoms with van der Waals surface area (Å²) in [7, 11) is 6.83. The summed E-state index contributed by atoms with van der Waals surface area (Å²) in [5.41, 5.74) is 3.48. The quantitative estimate of drug-likeness (QED) is 0.408. The van der Waals surface area contributed by atoms with Crippen molar-refractivity contribution < 1.29 is 9.59 Å². The van der Waals surface area contributed by atoms with Crippen LogP contribution in [0.2, 0.25) is 0 Å². The van der Waals surface area contributed by atoms with Crippen molar-refractivity contribution in [3.05, 3.63) is 95.6 Å². The molecule has 0 bridgehead atoms. The van der Waals surface area contributed by atoms with Crippen LogP contribution < -0.4 is 0 Å². The van der Waals surface area contributed by atoms with Crippen molar-refractivity contribution in [3.63, 3.8) is 0 Å². The Hall–Kier alpha value is -2.36. The molecule has 124 valence electrons. The maximum atomic E-state index is 12.8. The van der Waals surface area contributed by atoms with Crippen LogP contribution in [0.25, 0.3) is 11.1 Å². The molecule has 0 aliphatic rings. The van der Waals surface area contributed by atoms with E-state index in [1.54, 1.807) is 24.3 Å². The maximum absolute atomic E-state index is 12.8. The zero-order chi connectivity index (χ0) is 17.6. The molecule has 0 fully saturated rings. The second-order valence-corrected chi connectivity index (χ2v) is 6.68. The number of carbonyl (C=O) groups is 2. The monoisotopic (exact) mass is 366 g/mol. The van der Waals surface area contributed by atoms with Crippen molar-refractivity contribution >= 4 is 33.2 Å². The lowest BCUT2D eigenvalue weighted by Gasteiger charge is -2.08. The van der Waals surface area contributed by atoms with Crippen LogP contribution in [0.4, 0.5) is 0 Å². The van der Waals surface area contributed by atoms with Gasteiger partial charge in [0, 0.05) is 16.9 Å². The second kappa shape index (κ2) is 8.15. The molecule has 3 aromatic rings. The largest absolute Gasteiger partial charge is 0.285 e. The van der Waals surface area contributed by atoms with Crippen LogP contribution in [-0.2, 0) is 5.75 Å². The average Bonchev–Trinajstić information content (AvgIpc) is 2.68. The number of rotatable bonds is 6. The fourth-order valence-corrected chi connectivity index (χ4v) is 3.32. The molecule has 25 heavy (non-hydrogen) atoms. The van der Waals surface area contributed by atoms with Gasteiger partial charge in [0.25, 0.3) is 0 Å². The molecule has 0 aromatic heterocycles. The lowest BCUT2D eigenvalue weighted by atomic mass is 9.93. The standard InChI is InChI=1S/C21H15ClO2S/c22-25-14-15-10-12-17(13-11-15)20(23)21(24)19-9-5-4-8-18(19)16-6-2-1-3-7-16/h1-13H,14H2. The topological polar surface area (TPSA) is 34.1 Å². The van der Waals surface area contributed by atoms with E-state index in [4.69, 9.17) is 10.7 Å². The van der Waals surface area contributed by atoms with E-state index in [9.17, 15) is 9.59 Å². The molecule has 0 aliphatic heterocycles. The van der Waals surface area contributed by atoms with E-state index in [0.717, 1.165) is 16.7 Å². The first kappa shape index (κ1) is 17.5. The summed E-state index contributed by atoms with van der Waals surface area (Å²) in [6, 6.07) is 23.8. The van der Waals surface area contributed by atoms with E-state index in [-0.39, 0.29) is 0 Å². The van der Waals surface area contributed by atoms with Crippen LogP contribution in [0.5, 0.6) is 0 Å². The molecule has 0 saturated heterocycles. The van der Waals surface area contributed by atoms with Crippen LogP contribution in [0, 0.1) is 0 Å². The molecule has 2 nitrogen and oxygen atoms in total. The molecule has 3 aromatic carbocycles. The summed E-state index contributed by atoms with van der Waals surface area (Å²) in [6.45, 7) is 0. The highest BCUT2D eigenvalue weighted by atomic mass is 35.7. The van der Waals surface area contributed by atoms with Crippen molar-refractivity contribution in [2.45, 2.75) is 5.75 Å². The van der Waals surface area contributed by atoms with Crippen LogP contribution in [0.1, 0.15) is 26.3 Å². The fraction of sp³-hybridized carbons (Fsp3) is 0.0476. The van der Waals surface area contributed by atoms with Gasteiger partial charge < -0.3 is 0 Å². The number of hydrogen-bond donors (Lipinski definition) is 0. The van der Waals surface area contributed by atoms with Gasteiger partial charge in [0.05, 0.1) is 0 Å². The minimum atomic E-state index is -0.506. The molecule has 0 unspecified atom stereocenters. The number of halogens is 1. The zero-order valence-electron chi connectivity index (χ0n) is 13.3. The minimum absolute atomic E-state index is 0.385. The van der Waals surface area contributed by atoms with Gasteiger partial charge in [0.1, 0.15) is 0 Å². The summed E-state index contributed by atoms with van der Waals surface area (Å²) in [5.74, 6) is -0.353. The van der Waals surface area contributed by atoms with Gasteiger partial charge in [-0.25, -0.2) is 0 Å². The molecule has 0 radical (unpaired) electrons. The molecule has 0 spiro atoms. The zero-order valence-corrected chi connectivity index (χ0v) is 14.9. The molecular weight excluding hydrogens is 352 g/mol. The molecular formula is C21H15ClO2S. The first-order valence-corrected chi connectivity index (χ1v) is 9.58. The van der Waals surface area contributed by atoms with Gasteiger partial charge in [-0.15, -0.1) is 0 Å². The van der Waals surface area contributed by atoms with Crippen molar-refractivity contribution in [1.82, 2.24) is 0 Å². The highest BCUT2D eigenvalue weighted by molar-refractivity contribution is 8.20. The van der Waals surface area contributed by atoms with Crippen molar-refractivity contribution in [2.75, 3.05) is 0 Å². The van der Waals surface area contributed by atoms with Gasteiger partial charge in [0.15, 0.2) is 0 Å². The first-order chi connectivity index (χ1) is 12.2. The van der Waals surface area contributed by atoms with Gasteiger partial charge in [-0.2, -0.15) is 0 Å². The second-order valence-electron chi connectivity index (χ2n) is 5.52. The fourth-order valence-electron chi connectivity index (χ4n) is 2.62. The summed E-state index contributed by atoms with van der Waals surface area (Å²) >= 11 is 0. The van der Waals surface area contributed by atoms with Gasteiger partial charge in [-0.1, -0.05) is 89.8 Å². The van der Waals surface area contributed by atoms with Crippen molar-refractivity contribution in [2.24, 2.45) is 0 Å². The third-order valence-electron chi connectivity index (χ3n) is 3.90. The summed E-state index contributed by atoms with van der Waals surface area (Å²) in [4.78, 5) is 25.4. The number of Topliss-reactive ketones (excluding diaryl/α,β-unsaturated/α-hetero) is 2. The molecule has 0 aliphatic carbocycles. The van der Waals surface area contributed by atoms with E-state index in [2.05, 4.69) is 0 Å². The van der Waals surface area contributed by atoms with E-state index >= 15 is 0 Å². The molecule has 0 saturated carbocycles. The van der Waals surface area contributed by atoms with Crippen molar-refractivity contribution in [3.8, 4) is 11.1 Å². The van der Waals surface area contributed by atoms with Crippen LogP contribution in [0.3, 0.4) is 0 Å². The Morgan fingerprint density at radius 3 is 2.08 bits per heavy atom. The molecule has 0 amide bonds. The van der Waals surface area contributed by atoms with Crippen molar-refractivity contribution in [1.29, 1.82) is 0 Å². The Kier molecular flexibility index (Phi) is 5.69. The number of hydrogen-bond acceptors (Lipinski definition) is 3. The molecule has 0 N–H and O–H groups in total. The summed E-state index contributed by atoms with van der Waals surface area (Å²) < 4.78 is 0.